The quantitative estimate of drug-likeness (QED) is 0.683. The molecule has 0 radical (unpaired) electrons. The zero-order valence-electron chi connectivity index (χ0n) is 8.09. The molecule has 1 heteroatoms. The molecule has 13 heavy (non-hydrogen) atoms. The third kappa shape index (κ3) is 2.26. The number of phenols is 1. The summed E-state index contributed by atoms with van der Waals surface area (Å²) in [4.78, 5) is 0. The van der Waals surface area contributed by atoms with E-state index < -0.39 is 0 Å². The maximum Gasteiger partial charge on any atom is 0.121 e. The molecule has 68 valence electrons. The van der Waals surface area contributed by atoms with Crippen LogP contribution in [-0.2, 0) is 6.42 Å². The smallest absolute Gasteiger partial charge is 0.121 e. The molecule has 0 atom stereocenters. The van der Waals surface area contributed by atoms with Crippen LogP contribution in [-0.4, -0.2) is 5.11 Å². The van der Waals surface area contributed by atoms with Gasteiger partial charge in [0.05, 0.1) is 0 Å². The molecule has 0 aliphatic rings. The molecule has 0 amide bonds. The lowest BCUT2D eigenvalue weighted by Gasteiger charge is -2.06. The molecule has 1 aromatic carbocycles. The van der Waals surface area contributed by atoms with E-state index in [9.17, 15) is 5.11 Å². The number of terminal acetylenes is 1. The largest absolute Gasteiger partial charge is 0.507 e. The molecule has 0 aromatic heterocycles. The van der Waals surface area contributed by atoms with Crippen LogP contribution < -0.4 is 0 Å². The summed E-state index contributed by atoms with van der Waals surface area (Å²) in [6, 6.07) is 3.97. The second-order valence-electron chi connectivity index (χ2n) is 3.28. The van der Waals surface area contributed by atoms with Gasteiger partial charge in [-0.2, -0.15) is 0 Å². The molecule has 0 fully saturated rings. The van der Waals surface area contributed by atoms with E-state index in [1.165, 1.54) is 5.56 Å². The number of aromatic hydroxyl groups is 1. The summed E-state index contributed by atoms with van der Waals surface area (Å²) in [5.74, 6) is 3.00. The maximum absolute atomic E-state index is 9.52. The van der Waals surface area contributed by atoms with Crippen LogP contribution in [0.2, 0.25) is 0 Å². The van der Waals surface area contributed by atoms with Crippen molar-refractivity contribution in [2.45, 2.75) is 26.7 Å². The highest BCUT2D eigenvalue weighted by atomic mass is 16.3. The Bertz CT molecular complexity index is 322. The molecule has 1 N–H and O–H groups in total. The Labute approximate surface area is 79.4 Å². The first-order valence-electron chi connectivity index (χ1n) is 4.37. The zero-order valence-corrected chi connectivity index (χ0v) is 8.09. The fraction of sp³-hybridized carbons (Fsp3) is 0.333. The summed E-state index contributed by atoms with van der Waals surface area (Å²) in [7, 11) is 0. The Balaban J connectivity index is 2.94. The van der Waals surface area contributed by atoms with Crippen molar-refractivity contribution in [3.63, 3.8) is 0 Å². The first kappa shape index (κ1) is 9.67. The van der Waals surface area contributed by atoms with Gasteiger partial charge in [0.25, 0.3) is 0 Å². The fourth-order valence-electron chi connectivity index (χ4n) is 1.41. The minimum atomic E-state index is 0.393. The van der Waals surface area contributed by atoms with Crippen LogP contribution in [0.3, 0.4) is 0 Å². The van der Waals surface area contributed by atoms with E-state index >= 15 is 0 Å². The highest BCUT2D eigenvalue weighted by Gasteiger charge is 2.02. The highest BCUT2D eigenvalue weighted by Crippen LogP contribution is 2.23. The third-order valence-electron chi connectivity index (χ3n) is 2.11. The lowest BCUT2D eigenvalue weighted by atomic mass is 10.0. The first-order valence-corrected chi connectivity index (χ1v) is 4.37. The number of hydrogen-bond acceptors (Lipinski definition) is 1. The van der Waals surface area contributed by atoms with E-state index in [1.54, 1.807) is 0 Å². The number of aryl methyl sites for hydroxylation is 3. The monoisotopic (exact) mass is 174 g/mol. The molecule has 0 aliphatic heterocycles. The fourth-order valence-corrected chi connectivity index (χ4v) is 1.41. The van der Waals surface area contributed by atoms with E-state index in [2.05, 4.69) is 5.92 Å². The molecule has 0 heterocycles. The van der Waals surface area contributed by atoms with Gasteiger partial charge in [-0.3, -0.25) is 0 Å². The van der Waals surface area contributed by atoms with E-state index in [-0.39, 0.29) is 0 Å². The molecule has 1 aromatic rings. The molecule has 0 unspecified atom stereocenters. The lowest BCUT2D eigenvalue weighted by Crippen LogP contribution is -1.88. The molecule has 0 saturated heterocycles. The van der Waals surface area contributed by atoms with Gasteiger partial charge in [-0.25, -0.2) is 0 Å². The topological polar surface area (TPSA) is 20.2 Å². The molecule has 1 rings (SSSR count). The Kier molecular flexibility index (Phi) is 2.97. The summed E-state index contributed by atoms with van der Waals surface area (Å²) in [5, 5.41) is 9.52. The molecule has 0 spiro atoms. The van der Waals surface area contributed by atoms with Crippen molar-refractivity contribution in [3.05, 3.63) is 28.8 Å². The number of benzene rings is 1. The molecular formula is C12H14O. The Morgan fingerprint density at radius 1 is 1.31 bits per heavy atom. The number of hydrogen-bond donors (Lipinski definition) is 1. The van der Waals surface area contributed by atoms with Gasteiger partial charge in [0.15, 0.2) is 0 Å². The Hall–Kier alpha value is -1.42. The van der Waals surface area contributed by atoms with Crippen LogP contribution >= 0.6 is 0 Å². The summed E-state index contributed by atoms with van der Waals surface area (Å²) >= 11 is 0. The second kappa shape index (κ2) is 4.00. The predicted octanol–water partition coefficient (Wildman–Crippen LogP) is 2.57. The van der Waals surface area contributed by atoms with E-state index in [0.717, 1.165) is 24.0 Å². The molecule has 0 saturated carbocycles. The average Bonchev–Trinajstić information content (AvgIpc) is 2.10. The van der Waals surface area contributed by atoms with E-state index in [4.69, 9.17) is 6.42 Å². The van der Waals surface area contributed by atoms with Gasteiger partial charge in [-0.1, -0.05) is 12.1 Å². The highest BCUT2D eigenvalue weighted by molar-refractivity contribution is 5.42. The average molecular weight is 174 g/mol. The molecule has 0 aliphatic carbocycles. The van der Waals surface area contributed by atoms with Crippen molar-refractivity contribution in [3.8, 4) is 18.1 Å². The first-order chi connectivity index (χ1) is 6.15. The summed E-state index contributed by atoms with van der Waals surface area (Å²) in [6.45, 7) is 3.81. The van der Waals surface area contributed by atoms with E-state index in [0.29, 0.717) is 5.75 Å². The normalized spacial score (nSPS) is 9.62. The minimum absolute atomic E-state index is 0.393. The molecule has 0 bridgehead atoms. The van der Waals surface area contributed by atoms with Crippen molar-refractivity contribution in [2.75, 3.05) is 0 Å². The van der Waals surface area contributed by atoms with Crippen molar-refractivity contribution in [1.29, 1.82) is 0 Å². The minimum Gasteiger partial charge on any atom is -0.507 e. The Morgan fingerprint density at radius 3 is 2.31 bits per heavy atom. The van der Waals surface area contributed by atoms with Crippen molar-refractivity contribution >= 4 is 0 Å². The predicted molar refractivity (Wildman–Crippen MR) is 54.7 cm³/mol. The van der Waals surface area contributed by atoms with Gasteiger partial charge in [-0.05, 0) is 37.0 Å². The second-order valence-corrected chi connectivity index (χ2v) is 3.28. The van der Waals surface area contributed by atoms with Crippen molar-refractivity contribution in [2.24, 2.45) is 0 Å². The van der Waals surface area contributed by atoms with Crippen LogP contribution in [0.5, 0.6) is 5.75 Å². The summed E-state index contributed by atoms with van der Waals surface area (Å²) in [6.07, 6.45) is 6.82. The summed E-state index contributed by atoms with van der Waals surface area (Å²) < 4.78 is 0. The Morgan fingerprint density at radius 2 is 1.85 bits per heavy atom. The SMILES string of the molecule is C#CCCc1cc(C)c(O)c(C)c1. The number of rotatable bonds is 2. The van der Waals surface area contributed by atoms with Crippen LogP contribution in [0.15, 0.2) is 12.1 Å². The van der Waals surface area contributed by atoms with Gasteiger partial charge in [0, 0.05) is 6.42 Å². The van der Waals surface area contributed by atoms with Crippen LogP contribution in [0.4, 0.5) is 0 Å². The lowest BCUT2D eigenvalue weighted by molar-refractivity contribution is 0.466. The summed E-state index contributed by atoms with van der Waals surface area (Å²) in [5.41, 5.74) is 3.05. The van der Waals surface area contributed by atoms with Gasteiger partial charge < -0.3 is 5.11 Å². The van der Waals surface area contributed by atoms with Gasteiger partial charge in [0.2, 0.25) is 0 Å². The van der Waals surface area contributed by atoms with Gasteiger partial charge in [-0.15, -0.1) is 12.3 Å². The number of phenolic OH excluding ortho intramolecular Hbond substituents is 1. The standard InChI is InChI=1S/C12H14O/c1-4-5-6-11-7-9(2)12(13)10(3)8-11/h1,7-8,13H,5-6H2,2-3H3. The van der Waals surface area contributed by atoms with Gasteiger partial charge >= 0.3 is 0 Å². The van der Waals surface area contributed by atoms with Crippen LogP contribution in [0.1, 0.15) is 23.1 Å². The van der Waals surface area contributed by atoms with E-state index in [1.807, 2.05) is 26.0 Å². The van der Waals surface area contributed by atoms with Crippen LogP contribution in [0, 0.1) is 26.2 Å². The molecular weight excluding hydrogens is 160 g/mol. The zero-order chi connectivity index (χ0) is 9.84. The van der Waals surface area contributed by atoms with Gasteiger partial charge in [0.1, 0.15) is 5.75 Å². The molecule has 1 nitrogen and oxygen atoms in total. The third-order valence-corrected chi connectivity index (χ3v) is 2.11. The van der Waals surface area contributed by atoms with Crippen molar-refractivity contribution < 1.29 is 5.11 Å². The maximum atomic E-state index is 9.52. The van der Waals surface area contributed by atoms with Crippen LogP contribution in [0.25, 0.3) is 0 Å². The van der Waals surface area contributed by atoms with Crippen molar-refractivity contribution in [1.82, 2.24) is 0 Å².